The highest BCUT2D eigenvalue weighted by atomic mass is 32.2. The predicted molar refractivity (Wildman–Crippen MR) is 62.3 cm³/mol. The molecule has 0 bridgehead atoms. The van der Waals surface area contributed by atoms with Crippen LogP contribution in [-0.4, -0.2) is 26.7 Å². The normalized spacial score (nSPS) is 11.7. The standard InChI is InChI=1S/C10H14F2N2O3S/c11-8-5-7(13)6-9(10(8)12)18(16,17)14-3-1-2-4-15/h5-6,14-15H,1-4,13H2. The number of unbranched alkanes of at least 4 members (excludes halogenated alkanes) is 1. The number of halogens is 2. The number of sulfonamides is 1. The van der Waals surface area contributed by atoms with E-state index < -0.39 is 26.6 Å². The van der Waals surface area contributed by atoms with Crippen LogP contribution in [0.5, 0.6) is 0 Å². The molecule has 1 aromatic carbocycles. The van der Waals surface area contributed by atoms with Crippen LogP contribution in [0.2, 0.25) is 0 Å². The molecule has 0 aromatic heterocycles. The van der Waals surface area contributed by atoms with Crippen molar-refractivity contribution in [2.75, 3.05) is 18.9 Å². The molecular formula is C10H14F2N2O3S. The summed E-state index contributed by atoms with van der Waals surface area (Å²) in [5.74, 6) is -2.77. The zero-order chi connectivity index (χ0) is 13.8. The van der Waals surface area contributed by atoms with Gasteiger partial charge in [0, 0.05) is 18.8 Å². The summed E-state index contributed by atoms with van der Waals surface area (Å²) in [5.41, 5.74) is 5.09. The van der Waals surface area contributed by atoms with Crippen molar-refractivity contribution in [3.8, 4) is 0 Å². The molecule has 0 saturated carbocycles. The number of benzene rings is 1. The van der Waals surface area contributed by atoms with Gasteiger partial charge in [-0.1, -0.05) is 0 Å². The molecule has 0 aliphatic carbocycles. The summed E-state index contributed by atoms with van der Waals surface area (Å²) >= 11 is 0. The number of hydrogen-bond donors (Lipinski definition) is 3. The van der Waals surface area contributed by atoms with Crippen LogP contribution in [0.25, 0.3) is 0 Å². The van der Waals surface area contributed by atoms with Gasteiger partial charge >= 0.3 is 0 Å². The zero-order valence-electron chi connectivity index (χ0n) is 9.49. The molecule has 1 aromatic rings. The second-order valence-corrected chi connectivity index (χ2v) is 5.38. The average molecular weight is 280 g/mol. The molecule has 0 unspecified atom stereocenters. The molecule has 0 atom stereocenters. The van der Waals surface area contributed by atoms with Gasteiger partial charge < -0.3 is 10.8 Å². The summed E-state index contributed by atoms with van der Waals surface area (Å²) in [6.45, 7) is -0.0399. The molecule has 0 saturated heterocycles. The van der Waals surface area contributed by atoms with Crippen molar-refractivity contribution < 1.29 is 22.3 Å². The highest BCUT2D eigenvalue weighted by molar-refractivity contribution is 7.89. The molecule has 18 heavy (non-hydrogen) atoms. The summed E-state index contributed by atoms with van der Waals surface area (Å²) in [5, 5.41) is 8.53. The van der Waals surface area contributed by atoms with E-state index in [1.807, 2.05) is 0 Å². The van der Waals surface area contributed by atoms with Crippen LogP contribution >= 0.6 is 0 Å². The van der Waals surface area contributed by atoms with Crippen LogP contribution in [0.3, 0.4) is 0 Å². The molecule has 0 aliphatic heterocycles. The second kappa shape index (κ2) is 6.07. The number of nitrogen functional groups attached to an aromatic ring is 1. The Bertz CT molecular complexity index is 520. The van der Waals surface area contributed by atoms with Crippen molar-refractivity contribution >= 4 is 15.7 Å². The number of rotatable bonds is 6. The molecule has 0 fully saturated rings. The van der Waals surface area contributed by atoms with E-state index in [2.05, 4.69) is 4.72 Å². The Hall–Kier alpha value is -1.25. The minimum Gasteiger partial charge on any atom is -0.399 e. The Morgan fingerprint density at radius 1 is 1.28 bits per heavy atom. The summed E-state index contributed by atoms with van der Waals surface area (Å²) < 4.78 is 51.9. The van der Waals surface area contributed by atoms with Crippen molar-refractivity contribution in [1.82, 2.24) is 4.72 Å². The second-order valence-electron chi connectivity index (χ2n) is 3.64. The fourth-order valence-corrected chi connectivity index (χ4v) is 2.49. The van der Waals surface area contributed by atoms with E-state index in [0.29, 0.717) is 18.9 Å². The first-order chi connectivity index (χ1) is 8.38. The lowest BCUT2D eigenvalue weighted by atomic mass is 10.3. The van der Waals surface area contributed by atoms with Gasteiger partial charge in [-0.3, -0.25) is 0 Å². The summed E-state index contributed by atoms with van der Waals surface area (Å²) in [4.78, 5) is -0.816. The van der Waals surface area contributed by atoms with Crippen molar-refractivity contribution in [2.45, 2.75) is 17.7 Å². The van der Waals surface area contributed by atoms with Crippen LogP contribution in [0, 0.1) is 11.6 Å². The fourth-order valence-electron chi connectivity index (χ4n) is 1.30. The molecule has 0 heterocycles. The van der Waals surface area contributed by atoms with Crippen LogP contribution < -0.4 is 10.5 Å². The first-order valence-electron chi connectivity index (χ1n) is 5.23. The third kappa shape index (κ3) is 3.62. The largest absolute Gasteiger partial charge is 0.399 e. The van der Waals surface area contributed by atoms with Crippen LogP contribution in [-0.2, 0) is 10.0 Å². The van der Waals surface area contributed by atoms with Crippen molar-refractivity contribution in [3.05, 3.63) is 23.8 Å². The summed E-state index contributed by atoms with van der Waals surface area (Å²) in [6.07, 6.45) is 0.804. The van der Waals surface area contributed by atoms with Gasteiger partial charge in [-0.05, 0) is 25.0 Å². The summed E-state index contributed by atoms with van der Waals surface area (Å²) in [7, 11) is -4.14. The first-order valence-corrected chi connectivity index (χ1v) is 6.72. The summed E-state index contributed by atoms with van der Waals surface area (Å²) in [6, 6.07) is 1.56. The highest BCUT2D eigenvalue weighted by Gasteiger charge is 2.22. The third-order valence-electron chi connectivity index (χ3n) is 2.18. The molecule has 102 valence electrons. The lowest BCUT2D eigenvalue weighted by Crippen LogP contribution is -2.26. The minimum absolute atomic E-state index is 0.0265. The molecule has 0 amide bonds. The Kier molecular flexibility index (Phi) is 5.00. The molecular weight excluding hydrogens is 266 g/mol. The Morgan fingerprint density at radius 2 is 1.94 bits per heavy atom. The van der Waals surface area contributed by atoms with Crippen molar-refractivity contribution in [3.63, 3.8) is 0 Å². The predicted octanol–water partition coefficient (Wildman–Crippen LogP) is 0.598. The van der Waals surface area contributed by atoms with Gasteiger partial charge in [-0.2, -0.15) is 0 Å². The number of hydrogen-bond acceptors (Lipinski definition) is 4. The fraction of sp³-hybridized carbons (Fsp3) is 0.400. The molecule has 0 radical (unpaired) electrons. The highest BCUT2D eigenvalue weighted by Crippen LogP contribution is 2.20. The molecule has 0 aliphatic rings. The molecule has 0 spiro atoms. The van der Waals surface area contributed by atoms with Gasteiger partial charge in [-0.15, -0.1) is 0 Å². The lowest BCUT2D eigenvalue weighted by molar-refractivity contribution is 0.285. The van der Waals surface area contributed by atoms with Crippen molar-refractivity contribution in [2.24, 2.45) is 0 Å². The van der Waals surface area contributed by atoms with E-state index in [0.717, 1.165) is 6.07 Å². The maximum absolute atomic E-state index is 13.4. The van der Waals surface area contributed by atoms with Gasteiger partial charge in [0.25, 0.3) is 0 Å². The maximum atomic E-state index is 13.4. The molecule has 5 nitrogen and oxygen atoms in total. The monoisotopic (exact) mass is 280 g/mol. The number of nitrogens with two attached hydrogens (primary N) is 1. The molecule has 1 rings (SSSR count). The lowest BCUT2D eigenvalue weighted by Gasteiger charge is -2.08. The number of aliphatic hydroxyl groups is 1. The van der Waals surface area contributed by atoms with E-state index in [4.69, 9.17) is 10.8 Å². The van der Waals surface area contributed by atoms with Crippen LogP contribution in [0.4, 0.5) is 14.5 Å². The quantitative estimate of drug-likeness (QED) is 0.525. The van der Waals surface area contributed by atoms with E-state index in [-0.39, 0.29) is 18.8 Å². The van der Waals surface area contributed by atoms with Gasteiger partial charge in [0.15, 0.2) is 11.6 Å². The Morgan fingerprint density at radius 3 is 2.56 bits per heavy atom. The van der Waals surface area contributed by atoms with E-state index in [1.54, 1.807) is 0 Å². The Balaban J connectivity index is 2.91. The number of aliphatic hydroxyl groups excluding tert-OH is 1. The van der Waals surface area contributed by atoms with Gasteiger partial charge in [0.1, 0.15) is 4.90 Å². The van der Waals surface area contributed by atoms with Crippen LogP contribution in [0.15, 0.2) is 17.0 Å². The Labute approximate surface area is 104 Å². The van der Waals surface area contributed by atoms with Gasteiger partial charge in [-0.25, -0.2) is 21.9 Å². The number of nitrogens with one attached hydrogen (secondary N) is 1. The minimum atomic E-state index is -4.14. The average Bonchev–Trinajstić information content (AvgIpc) is 2.29. The first kappa shape index (κ1) is 14.8. The van der Waals surface area contributed by atoms with E-state index in [9.17, 15) is 17.2 Å². The maximum Gasteiger partial charge on any atom is 0.243 e. The van der Waals surface area contributed by atoms with E-state index >= 15 is 0 Å². The molecule has 4 N–H and O–H groups in total. The SMILES string of the molecule is Nc1cc(F)c(F)c(S(=O)(=O)NCCCCO)c1. The smallest absolute Gasteiger partial charge is 0.243 e. The zero-order valence-corrected chi connectivity index (χ0v) is 10.3. The van der Waals surface area contributed by atoms with Crippen LogP contribution in [0.1, 0.15) is 12.8 Å². The van der Waals surface area contributed by atoms with Crippen molar-refractivity contribution in [1.29, 1.82) is 0 Å². The molecule has 8 heteroatoms. The number of anilines is 1. The van der Waals surface area contributed by atoms with Gasteiger partial charge in [0.2, 0.25) is 10.0 Å². The topological polar surface area (TPSA) is 92.4 Å². The van der Waals surface area contributed by atoms with E-state index in [1.165, 1.54) is 0 Å². The van der Waals surface area contributed by atoms with Gasteiger partial charge in [0.05, 0.1) is 0 Å². The third-order valence-corrected chi connectivity index (χ3v) is 3.64.